The van der Waals surface area contributed by atoms with E-state index in [9.17, 15) is 9.59 Å². The second-order valence-electron chi connectivity index (χ2n) is 5.87. The minimum Gasteiger partial charge on any atom is -0.480 e. The normalized spacial score (nSPS) is 25.9. The molecule has 2 atom stereocenters. The molecule has 0 aromatic carbocycles. The summed E-state index contributed by atoms with van der Waals surface area (Å²) in [5.74, 6) is -0.863. The van der Waals surface area contributed by atoms with Crippen molar-refractivity contribution in [2.45, 2.75) is 46.6 Å². The summed E-state index contributed by atoms with van der Waals surface area (Å²) in [6.07, 6.45) is 1.19. The van der Waals surface area contributed by atoms with Gasteiger partial charge in [0.25, 0.3) is 0 Å². The van der Waals surface area contributed by atoms with Gasteiger partial charge in [-0.2, -0.15) is 0 Å². The number of amides is 1. The van der Waals surface area contributed by atoms with Crippen molar-refractivity contribution in [2.75, 3.05) is 6.54 Å². The second-order valence-corrected chi connectivity index (χ2v) is 5.87. The minimum atomic E-state index is -0.882. The number of hydrogen-bond donors (Lipinski definition) is 1. The number of hydrogen-bond acceptors (Lipinski definition) is 2. The Bertz CT molecular complexity index is 293. The number of likely N-dealkylation sites (tertiary alicyclic amines) is 1. The number of carbonyl (C=O) groups is 2. The summed E-state index contributed by atoms with van der Waals surface area (Å²) in [6.45, 7) is 8.43. The van der Waals surface area contributed by atoms with Crippen LogP contribution in [0.2, 0.25) is 0 Å². The van der Waals surface area contributed by atoms with Gasteiger partial charge in [0.05, 0.1) is 0 Å². The zero-order valence-corrected chi connectivity index (χ0v) is 10.5. The number of carboxylic acids is 1. The maximum absolute atomic E-state index is 12.0. The molecule has 4 heteroatoms. The van der Waals surface area contributed by atoms with Crippen LogP contribution in [0.25, 0.3) is 0 Å². The molecule has 0 spiro atoms. The molecule has 1 saturated heterocycles. The highest BCUT2D eigenvalue weighted by atomic mass is 16.4. The first-order valence-corrected chi connectivity index (χ1v) is 5.74. The van der Waals surface area contributed by atoms with Crippen LogP contribution in [-0.2, 0) is 9.59 Å². The summed E-state index contributed by atoms with van der Waals surface area (Å²) in [6, 6.07) is -0.630. The van der Waals surface area contributed by atoms with E-state index < -0.39 is 12.0 Å². The smallest absolute Gasteiger partial charge is 0.326 e. The van der Waals surface area contributed by atoms with E-state index in [1.54, 1.807) is 0 Å². The van der Waals surface area contributed by atoms with Gasteiger partial charge in [0, 0.05) is 13.0 Å². The van der Waals surface area contributed by atoms with Crippen molar-refractivity contribution in [1.82, 2.24) is 4.90 Å². The summed E-state index contributed by atoms with van der Waals surface area (Å²) >= 11 is 0. The highest BCUT2D eigenvalue weighted by Gasteiger charge is 2.39. The van der Waals surface area contributed by atoms with E-state index in [-0.39, 0.29) is 17.2 Å². The molecule has 1 N–H and O–H groups in total. The molecule has 1 rings (SSSR count). The van der Waals surface area contributed by atoms with Crippen LogP contribution in [0.15, 0.2) is 0 Å². The Morgan fingerprint density at radius 2 is 1.94 bits per heavy atom. The summed E-state index contributed by atoms with van der Waals surface area (Å²) in [5.41, 5.74) is -0.0913. The van der Waals surface area contributed by atoms with Gasteiger partial charge >= 0.3 is 5.97 Å². The monoisotopic (exact) mass is 227 g/mol. The summed E-state index contributed by atoms with van der Waals surface area (Å²) in [5, 5.41) is 9.11. The van der Waals surface area contributed by atoms with Crippen molar-refractivity contribution in [1.29, 1.82) is 0 Å². The standard InChI is InChI=1S/C12H21NO3/c1-8-5-6-13(10(8)11(15)16)9(14)7-12(2,3)4/h8,10H,5-7H2,1-4H3,(H,15,16). The van der Waals surface area contributed by atoms with Gasteiger partial charge in [-0.05, 0) is 17.8 Å². The van der Waals surface area contributed by atoms with Gasteiger partial charge in [-0.25, -0.2) is 4.79 Å². The summed E-state index contributed by atoms with van der Waals surface area (Å²) < 4.78 is 0. The first-order valence-electron chi connectivity index (χ1n) is 5.74. The molecule has 1 fully saturated rings. The number of carboxylic acid groups (broad SMARTS) is 1. The van der Waals surface area contributed by atoms with Gasteiger partial charge in [0.2, 0.25) is 5.91 Å². The summed E-state index contributed by atoms with van der Waals surface area (Å²) in [7, 11) is 0. The molecule has 4 nitrogen and oxygen atoms in total. The molecule has 0 radical (unpaired) electrons. The highest BCUT2D eigenvalue weighted by Crippen LogP contribution is 2.28. The minimum absolute atomic E-state index is 0.0377. The average Bonchev–Trinajstić information content (AvgIpc) is 2.43. The third kappa shape index (κ3) is 2.97. The van der Waals surface area contributed by atoms with Gasteiger partial charge in [-0.3, -0.25) is 4.79 Å². The lowest BCUT2D eigenvalue weighted by atomic mass is 9.91. The molecular weight excluding hydrogens is 206 g/mol. The van der Waals surface area contributed by atoms with E-state index in [4.69, 9.17) is 5.11 Å². The lowest BCUT2D eigenvalue weighted by molar-refractivity contribution is -0.150. The third-order valence-corrected chi connectivity index (χ3v) is 2.96. The lowest BCUT2D eigenvalue weighted by Crippen LogP contribution is -2.43. The fraction of sp³-hybridized carbons (Fsp3) is 0.833. The zero-order valence-electron chi connectivity index (χ0n) is 10.5. The number of carbonyl (C=O) groups excluding carboxylic acids is 1. The van der Waals surface area contributed by atoms with E-state index >= 15 is 0 Å². The lowest BCUT2D eigenvalue weighted by Gasteiger charge is -2.27. The summed E-state index contributed by atoms with van der Waals surface area (Å²) in [4.78, 5) is 24.6. The predicted molar refractivity (Wildman–Crippen MR) is 61.0 cm³/mol. The van der Waals surface area contributed by atoms with Gasteiger partial charge in [0.1, 0.15) is 6.04 Å². The Morgan fingerprint density at radius 1 is 1.38 bits per heavy atom. The van der Waals surface area contributed by atoms with E-state index in [0.29, 0.717) is 13.0 Å². The van der Waals surface area contributed by atoms with E-state index in [1.165, 1.54) is 4.90 Å². The van der Waals surface area contributed by atoms with Crippen molar-refractivity contribution in [3.05, 3.63) is 0 Å². The second kappa shape index (κ2) is 4.44. The molecule has 1 aliphatic rings. The zero-order chi connectivity index (χ0) is 12.5. The van der Waals surface area contributed by atoms with E-state index in [1.807, 2.05) is 27.7 Å². The molecular formula is C12H21NO3. The third-order valence-electron chi connectivity index (χ3n) is 2.96. The van der Waals surface area contributed by atoms with Gasteiger partial charge in [-0.1, -0.05) is 27.7 Å². The molecule has 0 aromatic heterocycles. The fourth-order valence-electron chi connectivity index (χ4n) is 2.16. The van der Waals surface area contributed by atoms with Crippen molar-refractivity contribution >= 4 is 11.9 Å². The Hall–Kier alpha value is -1.06. The van der Waals surface area contributed by atoms with Crippen LogP contribution in [0.5, 0.6) is 0 Å². The van der Waals surface area contributed by atoms with Crippen molar-refractivity contribution in [3.8, 4) is 0 Å². The van der Waals surface area contributed by atoms with Crippen molar-refractivity contribution in [2.24, 2.45) is 11.3 Å². The number of rotatable bonds is 2. The van der Waals surface area contributed by atoms with E-state index in [2.05, 4.69) is 0 Å². The average molecular weight is 227 g/mol. The maximum atomic E-state index is 12.0. The molecule has 0 aliphatic carbocycles. The molecule has 92 valence electrons. The maximum Gasteiger partial charge on any atom is 0.326 e. The Labute approximate surface area is 96.6 Å². The van der Waals surface area contributed by atoms with Gasteiger partial charge in [-0.15, -0.1) is 0 Å². The molecule has 16 heavy (non-hydrogen) atoms. The SMILES string of the molecule is CC1CCN(C(=O)CC(C)(C)C)C1C(=O)O. The van der Waals surface area contributed by atoms with Crippen LogP contribution in [0.1, 0.15) is 40.5 Å². The highest BCUT2D eigenvalue weighted by molar-refractivity contribution is 5.84. The topological polar surface area (TPSA) is 57.6 Å². The first kappa shape index (κ1) is 13.0. The van der Waals surface area contributed by atoms with Crippen molar-refractivity contribution < 1.29 is 14.7 Å². The van der Waals surface area contributed by atoms with Gasteiger partial charge in [0.15, 0.2) is 0 Å². The molecule has 1 aliphatic heterocycles. The fourth-order valence-corrected chi connectivity index (χ4v) is 2.16. The van der Waals surface area contributed by atoms with Crippen LogP contribution < -0.4 is 0 Å². The molecule has 0 bridgehead atoms. The molecule has 0 aromatic rings. The van der Waals surface area contributed by atoms with Crippen LogP contribution in [0, 0.1) is 11.3 Å². The van der Waals surface area contributed by atoms with Crippen LogP contribution in [0.3, 0.4) is 0 Å². The Kier molecular flexibility index (Phi) is 3.61. The number of aliphatic carboxylic acids is 1. The Balaban J connectivity index is 2.73. The van der Waals surface area contributed by atoms with Crippen molar-refractivity contribution in [3.63, 3.8) is 0 Å². The molecule has 2 unspecified atom stereocenters. The first-order chi connectivity index (χ1) is 7.22. The molecule has 0 saturated carbocycles. The van der Waals surface area contributed by atoms with E-state index in [0.717, 1.165) is 6.42 Å². The Morgan fingerprint density at radius 3 is 2.38 bits per heavy atom. The quantitative estimate of drug-likeness (QED) is 0.781. The largest absolute Gasteiger partial charge is 0.480 e. The van der Waals surface area contributed by atoms with Gasteiger partial charge < -0.3 is 10.0 Å². The number of nitrogens with zero attached hydrogens (tertiary/aromatic N) is 1. The predicted octanol–water partition coefficient (Wildman–Crippen LogP) is 1.74. The van der Waals surface area contributed by atoms with Crippen LogP contribution >= 0.6 is 0 Å². The van der Waals surface area contributed by atoms with Crippen LogP contribution in [0.4, 0.5) is 0 Å². The molecule has 1 amide bonds. The van der Waals surface area contributed by atoms with Crippen LogP contribution in [-0.4, -0.2) is 34.5 Å². The molecule has 1 heterocycles.